The minimum atomic E-state index is -0.985. The number of fused-ring (bicyclic) bond motifs is 1. The molecule has 194 valence electrons. The molecule has 1 fully saturated rings. The van der Waals surface area contributed by atoms with Crippen LogP contribution in [0.4, 0.5) is 5.13 Å². The van der Waals surface area contributed by atoms with E-state index in [-0.39, 0.29) is 11.3 Å². The summed E-state index contributed by atoms with van der Waals surface area (Å²) < 4.78 is 17.2. The lowest BCUT2D eigenvalue weighted by atomic mass is 9.95. The van der Waals surface area contributed by atoms with Gasteiger partial charge in [-0.15, -0.1) is 0 Å². The van der Waals surface area contributed by atoms with Gasteiger partial charge in [-0.3, -0.25) is 14.5 Å². The first-order valence-electron chi connectivity index (χ1n) is 11.7. The van der Waals surface area contributed by atoms with Crippen molar-refractivity contribution < 1.29 is 28.9 Å². The Morgan fingerprint density at radius 1 is 1.05 bits per heavy atom. The predicted octanol–water partition coefficient (Wildman–Crippen LogP) is 5.99. The largest absolute Gasteiger partial charge is 0.507 e. The molecule has 1 atom stereocenters. The van der Waals surface area contributed by atoms with Gasteiger partial charge in [-0.05, 0) is 55.0 Å². The van der Waals surface area contributed by atoms with E-state index in [1.54, 1.807) is 60.7 Å². The first kappa shape index (κ1) is 25.6. The summed E-state index contributed by atoms with van der Waals surface area (Å²) in [7, 11) is 3.01. The Bertz CT molecular complexity index is 1600. The summed E-state index contributed by atoms with van der Waals surface area (Å²) in [6, 6.07) is 16.0. The summed E-state index contributed by atoms with van der Waals surface area (Å²) in [6.07, 6.45) is 0. The molecule has 1 saturated heterocycles. The van der Waals surface area contributed by atoms with Crippen molar-refractivity contribution in [2.75, 3.05) is 25.7 Å². The number of hydrogen-bond acceptors (Lipinski definition) is 8. The van der Waals surface area contributed by atoms with Crippen molar-refractivity contribution in [1.82, 2.24) is 4.98 Å². The van der Waals surface area contributed by atoms with E-state index in [4.69, 9.17) is 25.8 Å². The van der Waals surface area contributed by atoms with Gasteiger partial charge < -0.3 is 19.3 Å². The van der Waals surface area contributed by atoms with Crippen LogP contribution in [-0.2, 0) is 9.59 Å². The molecular weight excluding hydrogens is 528 g/mol. The van der Waals surface area contributed by atoms with Gasteiger partial charge in [0.05, 0.1) is 42.7 Å². The van der Waals surface area contributed by atoms with Crippen LogP contribution in [0.3, 0.4) is 0 Å². The van der Waals surface area contributed by atoms with Gasteiger partial charge in [0, 0.05) is 10.6 Å². The smallest absolute Gasteiger partial charge is 0.301 e. The van der Waals surface area contributed by atoms with Gasteiger partial charge in [0.25, 0.3) is 5.78 Å². The van der Waals surface area contributed by atoms with Crippen molar-refractivity contribution >= 4 is 55.7 Å². The highest BCUT2D eigenvalue weighted by atomic mass is 35.5. The van der Waals surface area contributed by atoms with Crippen molar-refractivity contribution in [3.8, 4) is 17.2 Å². The van der Waals surface area contributed by atoms with Crippen LogP contribution in [0.1, 0.15) is 24.1 Å². The van der Waals surface area contributed by atoms with E-state index in [9.17, 15) is 14.7 Å². The maximum Gasteiger partial charge on any atom is 0.301 e. The first-order chi connectivity index (χ1) is 18.4. The van der Waals surface area contributed by atoms with E-state index in [2.05, 4.69) is 4.98 Å². The number of benzene rings is 3. The lowest BCUT2D eigenvalue weighted by molar-refractivity contribution is -0.132. The zero-order valence-corrected chi connectivity index (χ0v) is 22.3. The van der Waals surface area contributed by atoms with E-state index in [1.165, 1.54) is 30.5 Å². The number of halogens is 1. The molecule has 10 heteroatoms. The number of Topliss-reactive ketones (excluding diaryl/α,β-unsaturated/α-hetero) is 1. The summed E-state index contributed by atoms with van der Waals surface area (Å²) in [6.45, 7) is 2.28. The lowest BCUT2D eigenvalue weighted by Gasteiger charge is -2.23. The molecule has 4 aromatic rings. The fraction of sp³-hybridized carbons (Fsp3) is 0.179. The number of ketones is 1. The van der Waals surface area contributed by atoms with E-state index < -0.39 is 17.7 Å². The van der Waals surface area contributed by atoms with Gasteiger partial charge >= 0.3 is 5.91 Å². The van der Waals surface area contributed by atoms with Crippen LogP contribution in [0.5, 0.6) is 17.2 Å². The third-order valence-electron chi connectivity index (χ3n) is 6.13. The van der Waals surface area contributed by atoms with Crippen LogP contribution in [-0.4, -0.2) is 42.6 Å². The van der Waals surface area contributed by atoms with Gasteiger partial charge in [0.1, 0.15) is 11.5 Å². The molecule has 1 amide bonds. The number of carbonyl (C=O) groups excluding carboxylic acids is 2. The molecule has 0 spiro atoms. The third kappa shape index (κ3) is 4.44. The van der Waals surface area contributed by atoms with Crippen LogP contribution in [0.2, 0.25) is 5.02 Å². The first-order valence-corrected chi connectivity index (χ1v) is 12.9. The highest BCUT2D eigenvalue weighted by Crippen LogP contribution is 2.46. The number of aromatic nitrogens is 1. The van der Waals surface area contributed by atoms with Crippen LogP contribution in [0.15, 0.2) is 66.2 Å². The molecule has 2 heterocycles. The maximum absolute atomic E-state index is 13.5. The molecule has 1 aromatic heterocycles. The molecule has 8 nitrogen and oxygen atoms in total. The van der Waals surface area contributed by atoms with Crippen molar-refractivity contribution in [3.63, 3.8) is 0 Å². The molecule has 0 saturated carbocycles. The third-order valence-corrected chi connectivity index (χ3v) is 7.38. The Kier molecular flexibility index (Phi) is 6.96. The minimum Gasteiger partial charge on any atom is -0.507 e. The summed E-state index contributed by atoms with van der Waals surface area (Å²) in [5.41, 5.74) is 1.43. The number of anilines is 1. The van der Waals surface area contributed by atoms with E-state index >= 15 is 0 Å². The number of amides is 1. The molecule has 3 aromatic carbocycles. The minimum absolute atomic E-state index is 0.0758. The van der Waals surface area contributed by atoms with Crippen molar-refractivity contribution in [2.45, 2.75) is 13.0 Å². The number of carbonyl (C=O) groups is 2. The van der Waals surface area contributed by atoms with E-state index in [0.29, 0.717) is 50.7 Å². The second-order valence-corrected chi connectivity index (χ2v) is 9.80. The van der Waals surface area contributed by atoms with Gasteiger partial charge in [-0.25, -0.2) is 4.98 Å². The van der Waals surface area contributed by atoms with Crippen LogP contribution < -0.4 is 19.1 Å². The summed E-state index contributed by atoms with van der Waals surface area (Å²) in [5, 5.41) is 12.3. The fourth-order valence-electron chi connectivity index (χ4n) is 4.41. The molecule has 1 unspecified atom stereocenters. The zero-order chi connectivity index (χ0) is 27.0. The van der Waals surface area contributed by atoms with Crippen LogP contribution in [0.25, 0.3) is 16.0 Å². The number of thiazole rings is 1. The topological polar surface area (TPSA) is 98.2 Å². The predicted molar refractivity (Wildman–Crippen MR) is 147 cm³/mol. The number of hydrogen-bond donors (Lipinski definition) is 1. The lowest BCUT2D eigenvalue weighted by Crippen LogP contribution is -2.29. The Hall–Kier alpha value is -4.08. The average Bonchev–Trinajstić information content (AvgIpc) is 3.45. The maximum atomic E-state index is 13.5. The summed E-state index contributed by atoms with van der Waals surface area (Å²) >= 11 is 7.39. The van der Waals surface area contributed by atoms with Gasteiger partial charge in [0.2, 0.25) is 0 Å². The number of nitrogens with zero attached hydrogens (tertiary/aromatic N) is 2. The SMILES string of the molecule is CCOc1cccc(C(O)=C2C(=O)C(=O)N(c3nc4ccc(Cl)cc4s3)C2c2ccc(OC)c(OC)c2)c1. The van der Waals surface area contributed by atoms with Gasteiger partial charge in [-0.1, -0.05) is 41.1 Å². The molecule has 1 N–H and O–H groups in total. The van der Waals surface area contributed by atoms with Gasteiger partial charge in [0.15, 0.2) is 16.6 Å². The van der Waals surface area contributed by atoms with Crippen LogP contribution >= 0.6 is 22.9 Å². The molecule has 5 rings (SSSR count). The monoisotopic (exact) mass is 550 g/mol. The Morgan fingerprint density at radius 3 is 2.58 bits per heavy atom. The highest BCUT2D eigenvalue weighted by Gasteiger charge is 2.48. The van der Waals surface area contributed by atoms with E-state index in [0.717, 1.165) is 4.70 Å². The number of aliphatic hydroxyl groups is 1. The quantitative estimate of drug-likeness (QED) is 0.171. The zero-order valence-electron chi connectivity index (χ0n) is 20.7. The van der Waals surface area contributed by atoms with Crippen molar-refractivity contribution in [1.29, 1.82) is 0 Å². The molecule has 1 aliphatic heterocycles. The molecular formula is C28H23ClN2O6S. The standard InChI is InChI=1S/C28H23ClN2O6S/c1-4-37-18-7-5-6-16(12-18)25(32)23-24(15-8-11-20(35-2)21(13-15)36-3)31(27(34)26(23)33)28-30-19-10-9-17(29)14-22(19)38-28/h5-14,24,32H,4H2,1-3H3. The Morgan fingerprint density at radius 2 is 1.84 bits per heavy atom. The molecule has 0 bridgehead atoms. The summed E-state index contributed by atoms with van der Waals surface area (Å²) in [5.74, 6) is -0.552. The number of ether oxygens (including phenoxy) is 3. The number of aliphatic hydroxyl groups excluding tert-OH is 1. The van der Waals surface area contributed by atoms with Crippen LogP contribution in [0, 0.1) is 0 Å². The second-order valence-electron chi connectivity index (χ2n) is 8.35. The highest BCUT2D eigenvalue weighted by molar-refractivity contribution is 7.22. The van der Waals surface area contributed by atoms with Gasteiger partial charge in [-0.2, -0.15) is 0 Å². The number of methoxy groups -OCH3 is 2. The normalized spacial score (nSPS) is 16.7. The summed E-state index contributed by atoms with van der Waals surface area (Å²) in [4.78, 5) is 32.9. The molecule has 1 aliphatic rings. The van der Waals surface area contributed by atoms with Crippen molar-refractivity contribution in [3.05, 3.63) is 82.4 Å². The molecule has 0 radical (unpaired) electrons. The molecule has 0 aliphatic carbocycles. The fourth-order valence-corrected chi connectivity index (χ4v) is 5.68. The molecule has 38 heavy (non-hydrogen) atoms. The Balaban J connectivity index is 1.73. The van der Waals surface area contributed by atoms with E-state index in [1.807, 2.05) is 6.92 Å². The number of rotatable bonds is 7. The van der Waals surface area contributed by atoms with Crippen molar-refractivity contribution in [2.24, 2.45) is 0 Å². The average molecular weight is 551 g/mol. The second kappa shape index (κ2) is 10.4. The Labute approximate surface area is 227 Å².